The largest absolute Gasteiger partial charge is 0.337 e. The number of hydrogen-bond acceptors (Lipinski definition) is 5. The van der Waals surface area contributed by atoms with Crippen LogP contribution in [0.25, 0.3) is 11.4 Å². The maximum Gasteiger partial charge on any atom is 0.318 e. The summed E-state index contributed by atoms with van der Waals surface area (Å²) in [6.07, 6.45) is 3.27. The number of aryl methyl sites for hydroxylation is 2. The minimum absolute atomic E-state index is 0.0286. The van der Waals surface area contributed by atoms with Crippen molar-refractivity contribution in [3.05, 3.63) is 33.6 Å². The van der Waals surface area contributed by atoms with Crippen molar-refractivity contribution in [1.29, 1.82) is 0 Å². The Labute approximate surface area is 108 Å². The Hall–Kier alpha value is -2.02. The third-order valence-corrected chi connectivity index (χ3v) is 2.62. The van der Waals surface area contributed by atoms with Gasteiger partial charge < -0.3 is 4.57 Å². The molecular formula is C10H10ClN5O2. The fourth-order valence-corrected chi connectivity index (χ4v) is 1.80. The first-order chi connectivity index (χ1) is 8.52. The molecule has 2 aromatic rings. The van der Waals surface area contributed by atoms with Gasteiger partial charge in [0.15, 0.2) is 5.69 Å². The van der Waals surface area contributed by atoms with E-state index in [4.69, 9.17) is 11.6 Å². The van der Waals surface area contributed by atoms with Gasteiger partial charge in [0, 0.05) is 12.7 Å². The van der Waals surface area contributed by atoms with Gasteiger partial charge >= 0.3 is 5.69 Å². The number of hydrogen-bond donors (Lipinski definition) is 0. The highest BCUT2D eigenvalue weighted by Crippen LogP contribution is 2.29. The van der Waals surface area contributed by atoms with Crippen LogP contribution in [0.5, 0.6) is 0 Å². The second kappa shape index (κ2) is 4.69. The van der Waals surface area contributed by atoms with Gasteiger partial charge in [-0.1, -0.05) is 0 Å². The molecule has 2 heterocycles. The minimum Gasteiger partial charge on any atom is -0.337 e. The first-order valence-electron chi connectivity index (χ1n) is 5.23. The Morgan fingerprint density at radius 2 is 2.22 bits per heavy atom. The molecule has 0 unspecified atom stereocenters. The predicted octanol–water partition coefficient (Wildman–Crippen LogP) is 2.23. The normalized spacial score (nSPS) is 10.6. The molecule has 8 heteroatoms. The van der Waals surface area contributed by atoms with Gasteiger partial charge in [-0.3, -0.25) is 10.1 Å². The van der Waals surface area contributed by atoms with Crippen LogP contribution in [-0.4, -0.2) is 24.4 Å². The van der Waals surface area contributed by atoms with Crippen LogP contribution in [0, 0.1) is 17.0 Å². The Kier molecular flexibility index (Phi) is 3.24. The summed E-state index contributed by atoms with van der Waals surface area (Å²) in [5.41, 5.74) is 0.613. The molecule has 0 radical (unpaired) electrons. The molecule has 2 aromatic heterocycles. The van der Waals surface area contributed by atoms with Crippen LogP contribution >= 0.6 is 11.6 Å². The van der Waals surface area contributed by atoms with Crippen molar-refractivity contribution < 1.29 is 4.92 Å². The van der Waals surface area contributed by atoms with Crippen LogP contribution in [0.2, 0.25) is 5.28 Å². The number of imidazole rings is 1. The van der Waals surface area contributed by atoms with E-state index in [9.17, 15) is 10.1 Å². The lowest BCUT2D eigenvalue weighted by Gasteiger charge is -2.02. The van der Waals surface area contributed by atoms with Crippen LogP contribution in [0.3, 0.4) is 0 Å². The predicted molar refractivity (Wildman–Crippen MR) is 65.3 cm³/mol. The van der Waals surface area contributed by atoms with E-state index in [2.05, 4.69) is 15.0 Å². The average Bonchev–Trinajstić information content (AvgIpc) is 2.75. The van der Waals surface area contributed by atoms with Gasteiger partial charge in [-0.25, -0.2) is 15.0 Å². The van der Waals surface area contributed by atoms with Crippen molar-refractivity contribution in [2.24, 2.45) is 0 Å². The van der Waals surface area contributed by atoms with Crippen molar-refractivity contribution >= 4 is 17.3 Å². The van der Waals surface area contributed by atoms with Crippen LogP contribution < -0.4 is 0 Å². The maximum absolute atomic E-state index is 11.1. The standard InChI is InChI=1S/C10H10ClN5O2/c1-3-15-4-7(12-5-15)8-9(16(17)18)6(2)13-10(11)14-8/h4-5H,3H2,1-2H3. The molecule has 0 fully saturated rings. The molecule has 0 saturated carbocycles. The molecule has 0 aliphatic heterocycles. The number of halogens is 1. The molecular weight excluding hydrogens is 258 g/mol. The zero-order valence-electron chi connectivity index (χ0n) is 9.79. The fourth-order valence-electron chi connectivity index (χ4n) is 1.59. The van der Waals surface area contributed by atoms with Crippen molar-refractivity contribution in [2.75, 3.05) is 0 Å². The lowest BCUT2D eigenvalue weighted by Crippen LogP contribution is -2.01. The summed E-state index contributed by atoms with van der Waals surface area (Å²) in [6.45, 7) is 4.18. The van der Waals surface area contributed by atoms with Crippen LogP contribution in [0.1, 0.15) is 12.6 Å². The Balaban J connectivity index is 2.65. The molecule has 0 aliphatic carbocycles. The molecule has 0 bridgehead atoms. The van der Waals surface area contributed by atoms with E-state index in [-0.39, 0.29) is 22.4 Å². The third-order valence-electron chi connectivity index (χ3n) is 2.45. The van der Waals surface area contributed by atoms with E-state index in [0.29, 0.717) is 5.69 Å². The van der Waals surface area contributed by atoms with E-state index in [1.807, 2.05) is 6.92 Å². The first kappa shape index (κ1) is 12.4. The molecule has 0 N–H and O–H groups in total. The molecule has 0 aliphatic rings. The van der Waals surface area contributed by atoms with E-state index in [1.54, 1.807) is 17.1 Å². The van der Waals surface area contributed by atoms with Crippen LogP contribution in [0.15, 0.2) is 12.5 Å². The van der Waals surface area contributed by atoms with E-state index >= 15 is 0 Å². The summed E-state index contributed by atoms with van der Waals surface area (Å²) in [5, 5.41) is 11.0. The van der Waals surface area contributed by atoms with Crippen molar-refractivity contribution in [3.63, 3.8) is 0 Å². The summed E-state index contributed by atoms with van der Waals surface area (Å²) in [7, 11) is 0. The Morgan fingerprint density at radius 1 is 1.50 bits per heavy atom. The molecule has 0 aromatic carbocycles. The maximum atomic E-state index is 11.1. The van der Waals surface area contributed by atoms with E-state index in [1.165, 1.54) is 6.92 Å². The van der Waals surface area contributed by atoms with E-state index in [0.717, 1.165) is 6.54 Å². The van der Waals surface area contributed by atoms with Gasteiger partial charge in [0.1, 0.15) is 11.4 Å². The first-order valence-corrected chi connectivity index (χ1v) is 5.61. The quantitative estimate of drug-likeness (QED) is 0.483. The molecule has 0 atom stereocenters. The lowest BCUT2D eigenvalue weighted by molar-refractivity contribution is -0.385. The lowest BCUT2D eigenvalue weighted by atomic mass is 10.2. The van der Waals surface area contributed by atoms with Gasteiger partial charge in [0.2, 0.25) is 5.28 Å². The molecule has 7 nitrogen and oxygen atoms in total. The highest BCUT2D eigenvalue weighted by atomic mass is 35.5. The highest BCUT2D eigenvalue weighted by Gasteiger charge is 2.24. The van der Waals surface area contributed by atoms with Gasteiger partial charge in [-0.15, -0.1) is 0 Å². The molecule has 18 heavy (non-hydrogen) atoms. The number of rotatable bonds is 3. The van der Waals surface area contributed by atoms with Gasteiger partial charge in [0.25, 0.3) is 0 Å². The SMILES string of the molecule is CCn1cnc(-c2nc(Cl)nc(C)c2[N+](=O)[O-])c1. The average molecular weight is 268 g/mol. The summed E-state index contributed by atoms with van der Waals surface area (Å²) in [6, 6.07) is 0. The van der Waals surface area contributed by atoms with Crippen molar-refractivity contribution in [2.45, 2.75) is 20.4 Å². The smallest absolute Gasteiger partial charge is 0.318 e. The molecule has 0 saturated heterocycles. The summed E-state index contributed by atoms with van der Waals surface area (Å²) in [5.74, 6) is 0. The molecule has 94 valence electrons. The molecule has 2 rings (SSSR count). The summed E-state index contributed by atoms with van der Waals surface area (Å²) >= 11 is 5.74. The molecule has 0 amide bonds. The zero-order chi connectivity index (χ0) is 13.3. The van der Waals surface area contributed by atoms with E-state index < -0.39 is 4.92 Å². The Morgan fingerprint density at radius 3 is 2.78 bits per heavy atom. The van der Waals surface area contributed by atoms with Gasteiger partial charge in [-0.2, -0.15) is 0 Å². The minimum atomic E-state index is -0.522. The monoisotopic (exact) mass is 267 g/mol. The van der Waals surface area contributed by atoms with Crippen molar-refractivity contribution in [3.8, 4) is 11.4 Å². The topological polar surface area (TPSA) is 86.7 Å². The number of aromatic nitrogens is 4. The molecule has 0 spiro atoms. The number of nitro groups is 1. The fraction of sp³-hybridized carbons (Fsp3) is 0.300. The third kappa shape index (κ3) is 2.17. The summed E-state index contributed by atoms with van der Waals surface area (Å²) in [4.78, 5) is 22.3. The second-order valence-corrected chi connectivity index (χ2v) is 3.96. The zero-order valence-corrected chi connectivity index (χ0v) is 10.5. The van der Waals surface area contributed by atoms with Gasteiger partial charge in [-0.05, 0) is 25.4 Å². The Bertz CT molecular complexity index is 610. The van der Waals surface area contributed by atoms with Crippen LogP contribution in [0.4, 0.5) is 5.69 Å². The highest BCUT2D eigenvalue weighted by molar-refractivity contribution is 6.28. The number of nitrogens with zero attached hydrogens (tertiary/aromatic N) is 5. The second-order valence-electron chi connectivity index (χ2n) is 3.62. The van der Waals surface area contributed by atoms with Crippen molar-refractivity contribution in [1.82, 2.24) is 19.5 Å². The van der Waals surface area contributed by atoms with Crippen LogP contribution in [-0.2, 0) is 6.54 Å². The summed E-state index contributed by atoms with van der Waals surface area (Å²) < 4.78 is 1.80. The van der Waals surface area contributed by atoms with Gasteiger partial charge in [0.05, 0.1) is 11.3 Å².